The van der Waals surface area contributed by atoms with Crippen molar-refractivity contribution in [3.63, 3.8) is 0 Å². The standard InChI is InChI=1S/C15H24N2O3S/c1-12-6-7-13(11-18)9-15(12)21(19,20)17-8-4-5-14(10-17)16(2)3/h6-7,9,14,18H,4-5,8,10-11H2,1-3H3. The summed E-state index contributed by atoms with van der Waals surface area (Å²) in [6.45, 7) is 2.73. The number of benzene rings is 1. The van der Waals surface area contributed by atoms with E-state index >= 15 is 0 Å². The van der Waals surface area contributed by atoms with Crippen LogP contribution in [0.3, 0.4) is 0 Å². The molecule has 6 heteroatoms. The smallest absolute Gasteiger partial charge is 0.243 e. The highest BCUT2D eigenvalue weighted by molar-refractivity contribution is 7.89. The first kappa shape index (κ1) is 16.4. The maximum atomic E-state index is 12.9. The molecule has 1 fully saturated rings. The molecule has 1 aliphatic heterocycles. The summed E-state index contributed by atoms with van der Waals surface area (Å²) in [4.78, 5) is 2.40. The van der Waals surface area contributed by atoms with Crippen LogP contribution in [0.2, 0.25) is 0 Å². The Morgan fingerprint density at radius 1 is 1.38 bits per heavy atom. The van der Waals surface area contributed by atoms with E-state index < -0.39 is 10.0 Å². The van der Waals surface area contributed by atoms with Crippen molar-refractivity contribution in [2.75, 3.05) is 27.2 Å². The van der Waals surface area contributed by atoms with Crippen LogP contribution in [0.4, 0.5) is 0 Å². The van der Waals surface area contributed by atoms with E-state index in [9.17, 15) is 13.5 Å². The molecule has 0 saturated carbocycles. The molecule has 1 N–H and O–H groups in total. The van der Waals surface area contributed by atoms with Gasteiger partial charge in [0.15, 0.2) is 0 Å². The Balaban J connectivity index is 2.33. The molecule has 0 spiro atoms. The predicted octanol–water partition coefficient (Wildman–Crippen LogP) is 1.20. The second-order valence-corrected chi connectivity index (χ2v) is 7.79. The van der Waals surface area contributed by atoms with E-state index in [1.165, 1.54) is 0 Å². The Morgan fingerprint density at radius 3 is 2.71 bits per heavy atom. The monoisotopic (exact) mass is 312 g/mol. The van der Waals surface area contributed by atoms with Crippen molar-refractivity contribution >= 4 is 10.0 Å². The maximum Gasteiger partial charge on any atom is 0.243 e. The molecule has 21 heavy (non-hydrogen) atoms. The molecule has 1 saturated heterocycles. The van der Waals surface area contributed by atoms with E-state index in [2.05, 4.69) is 4.90 Å². The third kappa shape index (κ3) is 3.45. The van der Waals surface area contributed by atoms with Crippen LogP contribution in [0.25, 0.3) is 0 Å². The van der Waals surface area contributed by atoms with E-state index in [1.807, 2.05) is 14.1 Å². The van der Waals surface area contributed by atoms with Crippen LogP contribution in [0, 0.1) is 6.92 Å². The molecule has 0 radical (unpaired) electrons. The van der Waals surface area contributed by atoms with Crippen molar-refractivity contribution in [1.82, 2.24) is 9.21 Å². The minimum Gasteiger partial charge on any atom is -0.392 e. The summed E-state index contributed by atoms with van der Waals surface area (Å²) in [6, 6.07) is 5.36. The lowest BCUT2D eigenvalue weighted by Crippen LogP contribution is -2.47. The number of likely N-dealkylation sites (N-methyl/N-ethyl adjacent to an activating group) is 1. The van der Waals surface area contributed by atoms with Gasteiger partial charge in [0.05, 0.1) is 11.5 Å². The fourth-order valence-corrected chi connectivity index (χ4v) is 4.51. The first-order chi connectivity index (χ1) is 9.86. The molecule has 5 nitrogen and oxygen atoms in total. The first-order valence-electron chi connectivity index (χ1n) is 7.23. The van der Waals surface area contributed by atoms with Gasteiger partial charge in [-0.2, -0.15) is 4.31 Å². The Labute approximate surface area is 127 Å². The van der Waals surface area contributed by atoms with Crippen molar-refractivity contribution in [2.45, 2.75) is 37.3 Å². The second kappa shape index (κ2) is 6.44. The highest BCUT2D eigenvalue weighted by Gasteiger charge is 2.31. The summed E-state index contributed by atoms with van der Waals surface area (Å²) in [5.74, 6) is 0. The number of hydrogen-bond donors (Lipinski definition) is 1. The fourth-order valence-electron chi connectivity index (χ4n) is 2.72. The van der Waals surface area contributed by atoms with Crippen LogP contribution in [0.15, 0.2) is 23.1 Å². The lowest BCUT2D eigenvalue weighted by atomic mass is 10.1. The number of aryl methyl sites for hydroxylation is 1. The van der Waals surface area contributed by atoms with Crippen LogP contribution in [-0.4, -0.2) is 56.0 Å². The van der Waals surface area contributed by atoms with Gasteiger partial charge in [0.25, 0.3) is 0 Å². The highest BCUT2D eigenvalue weighted by Crippen LogP contribution is 2.25. The highest BCUT2D eigenvalue weighted by atomic mass is 32.2. The van der Waals surface area contributed by atoms with E-state index in [0.717, 1.165) is 18.4 Å². The molecule has 0 bridgehead atoms. The van der Waals surface area contributed by atoms with Crippen LogP contribution in [-0.2, 0) is 16.6 Å². The Bertz CT molecular complexity index is 599. The maximum absolute atomic E-state index is 12.9. The number of aliphatic hydroxyl groups excluding tert-OH is 1. The van der Waals surface area contributed by atoms with Gasteiger partial charge in [-0.3, -0.25) is 0 Å². The van der Waals surface area contributed by atoms with Crippen LogP contribution < -0.4 is 0 Å². The number of piperidine rings is 1. The van der Waals surface area contributed by atoms with Crippen molar-refractivity contribution < 1.29 is 13.5 Å². The molecule has 1 aromatic rings. The largest absolute Gasteiger partial charge is 0.392 e. The summed E-state index contributed by atoms with van der Waals surface area (Å²) >= 11 is 0. The molecule has 0 aliphatic carbocycles. The van der Waals surface area contributed by atoms with Gasteiger partial charge in [-0.05, 0) is 51.1 Å². The molecule has 118 valence electrons. The summed E-state index contributed by atoms with van der Waals surface area (Å²) < 4.78 is 27.3. The van der Waals surface area contributed by atoms with Gasteiger partial charge < -0.3 is 10.0 Å². The lowest BCUT2D eigenvalue weighted by Gasteiger charge is -2.35. The number of rotatable bonds is 4. The lowest BCUT2D eigenvalue weighted by molar-refractivity contribution is 0.190. The van der Waals surface area contributed by atoms with Gasteiger partial charge in [0.2, 0.25) is 10.0 Å². The van der Waals surface area contributed by atoms with Crippen molar-refractivity contribution in [2.24, 2.45) is 0 Å². The van der Waals surface area contributed by atoms with Gasteiger partial charge >= 0.3 is 0 Å². The van der Waals surface area contributed by atoms with Crippen molar-refractivity contribution in [3.05, 3.63) is 29.3 Å². The van der Waals surface area contributed by atoms with E-state index in [1.54, 1.807) is 29.4 Å². The van der Waals surface area contributed by atoms with E-state index in [4.69, 9.17) is 0 Å². The SMILES string of the molecule is Cc1ccc(CO)cc1S(=O)(=O)N1CCCC(N(C)C)C1. The summed E-state index contributed by atoms with van der Waals surface area (Å²) in [5.41, 5.74) is 1.35. The number of sulfonamides is 1. The topological polar surface area (TPSA) is 60.9 Å². The molecule has 1 unspecified atom stereocenters. The Kier molecular flexibility index (Phi) is 5.03. The second-order valence-electron chi connectivity index (χ2n) is 5.88. The van der Waals surface area contributed by atoms with Gasteiger partial charge in [-0.25, -0.2) is 8.42 Å². The Hall–Kier alpha value is -0.950. The number of nitrogens with zero attached hydrogens (tertiary/aromatic N) is 2. The zero-order valence-corrected chi connectivity index (χ0v) is 13.7. The summed E-state index contributed by atoms with van der Waals surface area (Å²) in [6.07, 6.45) is 1.90. The predicted molar refractivity (Wildman–Crippen MR) is 82.6 cm³/mol. The van der Waals surface area contributed by atoms with Crippen LogP contribution in [0.5, 0.6) is 0 Å². The van der Waals surface area contributed by atoms with E-state index in [-0.39, 0.29) is 12.6 Å². The molecular weight excluding hydrogens is 288 g/mol. The molecule has 1 heterocycles. The third-order valence-corrected chi connectivity index (χ3v) is 6.15. The molecule has 0 amide bonds. The first-order valence-corrected chi connectivity index (χ1v) is 8.67. The van der Waals surface area contributed by atoms with Gasteiger partial charge in [0.1, 0.15) is 0 Å². The third-order valence-electron chi connectivity index (χ3n) is 4.14. The summed E-state index contributed by atoms with van der Waals surface area (Å²) in [5, 5.41) is 9.23. The minimum absolute atomic E-state index is 0.150. The zero-order chi connectivity index (χ0) is 15.6. The average molecular weight is 312 g/mol. The zero-order valence-electron chi connectivity index (χ0n) is 12.9. The fraction of sp³-hybridized carbons (Fsp3) is 0.600. The van der Waals surface area contributed by atoms with E-state index in [0.29, 0.717) is 23.5 Å². The van der Waals surface area contributed by atoms with Gasteiger partial charge in [-0.15, -0.1) is 0 Å². The van der Waals surface area contributed by atoms with Crippen LogP contribution in [0.1, 0.15) is 24.0 Å². The van der Waals surface area contributed by atoms with Crippen LogP contribution >= 0.6 is 0 Å². The van der Waals surface area contributed by atoms with Gasteiger partial charge in [0, 0.05) is 19.1 Å². The number of aliphatic hydroxyl groups is 1. The molecular formula is C15H24N2O3S. The summed E-state index contributed by atoms with van der Waals surface area (Å²) in [7, 11) is 0.473. The minimum atomic E-state index is -3.50. The number of hydrogen-bond acceptors (Lipinski definition) is 4. The average Bonchev–Trinajstić information content (AvgIpc) is 2.47. The Morgan fingerprint density at radius 2 is 2.10 bits per heavy atom. The molecule has 1 atom stereocenters. The van der Waals surface area contributed by atoms with Crippen molar-refractivity contribution in [3.8, 4) is 0 Å². The molecule has 1 aliphatic rings. The van der Waals surface area contributed by atoms with Crippen molar-refractivity contribution in [1.29, 1.82) is 0 Å². The van der Waals surface area contributed by atoms with Gasteiger partial charge in [-0.1, -0.05) is 12.1 Å². The quantitative estimate of drug-likeness (QED) is 0.907. The molecule has 2 rings (SSSR count). The molecule has 0 aromatic heterocycles. The molecule has 1 aromatic carbocycles. The normalized spacial score (nSPS) is 20.9.